The third-order valence-corrected chi connectivity index (χ3v) is 6.27. The van der Waals surface area contributed by atoms with E-state index in [0.717, 1.165) is 11.2 Å². The molecule has 1 fully saturated rings. The summed E-state index contributed by atoms with van der Waals surface area (Å²) in [7, 11) is 0. The second kappa shape index (κ2) is 4.40. The number of fused-ring (bicyclic) bond motifs is 1. The average Bonchev–Trinajstić information content (AvgIpc) is 2.75. The van der Waals surface area contributed by atoms with Crippen molar-refractivity contribution >= 4 is 32.9 Å². The van der Waals surface area contributed by atoms with Crippen molar-refractivity contribution in [2.24, 2.45) is 16.7 Å². The minimum absolute atomic E-state index is 0.0880. The van der Waals surface area contributed by atoms with E-state index in [1.165, 1.54) is 11.3 Å². The van der Waals surface area contributed by atoms with Gasteiger partial charge in [-0.05, 0) is 28.9 Å². The molecule has 0 unspecified atom stereocenters. The van der Waals surface area contributed by atoms with Crippen molar-refractivity contribution in [2.75, 3.05) is 11.9 Å². The number of rotatable bonds is 4. The number of hydrogen-bond donors (Lipinski definition) is 1. The first-order chi connectivity index (χ1) is 9.76. The molecule has 21 heavy (non-hydrogen) atoms. The summed E-state index contributed by atoms with van der Waals surface area (Å²) in [6.45, 7) is 9.74. The summed E-state index contributed by atoms with van der Waals surface area (Å²) < 4.78 is 0.847. The molecule has 2 aromatic rings. The highest BCUT2D eigenvalue weighted by Gasteiger charge is 2.64. The molecule has 1 aromatic carbocycles. The van der Waals surface area contributed by atoms with Gasteiger partial charge < -0.3 is 5.32 Å². The molecule has 6 heteroatoms. The van der Waals surface area contributed by atoms with Crippen molar-refractivity contribution in [1.29, 1.82) is 0 Å². The SMILES string of the molecule is CC1(C)C(CNc2ccc3scnc3c2[N+](=O)[O-])C1(C)C. The average molecular weight is 305 g/mol. The Kier molecular flexibility index (Phi) is 2.99. The molecule has 0 saturated heterocycles. The highest BCUT2D eigenvalue weighted by atomic mass is 32.1. The molecule has 1 N–H and O–H groups in total. The van der Waals surface area contributed by atoms with E-state index in [0.29, 0.717) is 17.1 Å². The number of hydrogen-bond acceptors (Lipinski definition) is 5. The van der Waals surface area contributed by atoms with Gasteiger partial charge in [0, 0.05) is 6.54 Å². The van der Waals surface area contributed by atoms with Gasteiger partial charge >= 0.3 is 5.69 Å². The van der Waals surface area contributed by atoms with Crippen LogP contribution in [-0.2, 0) is 0 Å². The lowest BCUT2D eigenvalue weighted by Crippen LogP contribution is -2.09. The van der Waals surface area contributed by atoms with Crippen LogP contribution in [-0.4, -0.2) is 16.5 Å². The van der Waals surface area contributed by atoms with Crippen LogP contribution in [0.4, 0.5) is 11.4 Å². The number of nitro groups is 1. The number of nitrogens with one attached hydrogen (secondary N) is 1. The molecule has 0 spiro atoms. The van der Waals surface area contributed by atoms with Crippen LogP contribution in [0.15, 0.2) is 17.6 Å². The van der Waals surface area contributed by atoms with Crippen LogP contribution in [0, 0.1) is 26.9 Å². The summed E-state index contributed by atoms with van der Waals surface area (Å²) in [5.41, 5.74) is 3.30. The standard InChI is InChI=1S/C15H19N3O2S/c1-14(2)11(15(14,3)4)7-16-9-5-6-10-12(17-8-21-10)13(9)18(19)20/h5-6,8,11,16H,7H2,1-4H3. The van der Waals surface area contributed by atoms with Gasteiger partial charge in [-0.2, -0.15) is 0 Å². The fraction of sp³-hybridized carbons (Fsp3) is 0.533. The van der Waals surface area contributed by atoms with Gasteiger partial charge in [-0.3, -0.25) is 10.1 Å². The van der Waals surface area contributed by atoms with Gasteiger partial charge in [-0.15, -0.1) is 11.3 Å². The Hall–Kier alpha value is -1.69. The van der Waals surface area contributed by atoms with Crippen LogP contribution in [0.3, 0.4) is 0 Å². The van der Waals surface area contributed by atoms with E-state index in [1.54, 1.807) is 11.6 Å². The largest absolute Gasteiger partial charge is 0.379 e. The van der Waals surface area contributed by atoms with Crippen molar-refractivity contribution in [3.63, 3.8) is 0 Å². The number of nitro benzene ring substituents is 1. The number of aromatic nitrogens is 1. The highest BCUT2D eigenvalue weighted by molar-refractivity contribution is 7.16. The molecule has 5 nitrogen and oxygen atoms in total. The minimum Gasteiger partial charge on any atom is -0.379 e. The first-order valence-electron chi connectivity index (χ1n) is 7.01. The van der Waals surface area contributed by atoms with Crippen LogP contribution < -0.4 is 5.32 Å². The Morgan fingerprint density at radius 1 is 1.33 bits per heavy atom. The van der Waals surface area contributed by atoms with E-state index in [2.05, 4.69) is 38.0 Å². The number of benzene rings is 1. The van der Waals surface area contributed by atoms with Crippen molar-refractivity contribution in [3.05, 3.63) is 27.8 Å². The summed E-state index contributed by atoms with van der Waals surface area (Å²) in [6.07, 6.45) is 0. The van der Waals surface area contributed by atoms with E-state index in [-0.39, 0.29) is 21.4 Å². The van der Waals surface area contributed by atoms with Crippen LogP contribution in [0.1, 0.15) is 27.7 Å². The summed E-state index contributed by atoms with van der Waals surface area (Å²) >= 11 is 1.42. The van der Waals surface area contributed by atoms with Crippen molar-refractivity contribution < 1.29 is 4.92 Å². The third-order valence-electron chi connectivity index (χ3n) is 5.47. The second-order valence-electron chi connectivity index (χ2n) is 6.79. The fourth-order valence-electron chi connectivity index (χ4n) is 3.30. The molecule has 112 valence electrons. The molecule has 1 aliphatic rings. The van der Waals surface area contributed by atoms with Crippen molar-refractivity contribution in [1.82, 2.24) is 4.98 Å². The van der Waals surface area contributed by atoms with Crippen molar-refractivity contribution in [3.8, 4) is 0 Å². The Labute approximate surface area is 127 Å². The molecular weight excluding hydrogens is 286 g/mol. The van der Waals surface area contributed by atoms with Crippen LogP contribution in [0.2, 0.25) is 0 Å². The Morgan fingerprint density at radius 3 is 2.57 bits per heavy atom. The first kappa shape index (κ1) is 14.3. The quantitative estimate of drug-likeness (QED) is 0.675. The molecule has 1 aliphatic carbocycles. The van der Waals surface area contributed by atoms with E-state index < -0.39 is 0 Å². The number of thiazole rings is 1. The van der Waals surface area contributed by atoms with E-state index in [4.69, 9.17) is 0 Å². The predicted molar refractivity (Wildman–Crippen MR) is 85.8 cm³/mol. The lowest BCUT2D eigenvalue weighted by molar-refractivity contribution is -0.382. The van der Waals surface area contributed by atoms with Gasteiger partial charge in [0.15, 0.2) is 5.52 Å². The molecular formula is C15H19N3O2S. The van der Waals surface area contributed by atoms with E-state index >= 15 is 0 Å². The molecule has 0 atom stereocenters. The molecule has 0 radical (unpaired) electrons. The van der Waals surface area contributed by atoms with Crippen molar-refractivity contribution in [2.45, 2.75) is 27.7 Å². The second-order valence-corrected chi connectivity index (χ2v) is 7.68. The smallest absolute Gasteiger partial charge is 0.319 e. The van der Waals surface area contributed by atoms with Gasteiger partial charge in [0.05, 0.1) is 15.1 Å². The molecule has 0 amide bonds. The molecule has 1 saturated carbocycles. The summed E-state index contributed by atoms with van der Waals surface area (Å²) in [5, 5.41) is 14.7. The zero-order valence-electron chi connectivity index (χ0n) is 12.6. The Balaban J connectivity index is 1.88. The summed E-state index contributed by atoms with van der Waals surface area (Å²) in [4.78, 5) is 15.2. The minimum atomic E-state index is -0.340. The Morgan fingerprint density at radius 2 is 2.00 bits per heavy atom. The van der Waals surface area contributed by atoms with E-state index in [9.17, 15) is 10.1 Å². The molecule has 1 heterocycles. The van der Waals surface area contributed by atoms with Crippen LogP contribution >= 0.6 is 11.3 Å². The molecule has 1 aromatic heterocycles. The normalized spacial score (nSPS) is 19.6. The summed E-state index contributed by atoms with van der Waals surface area (Å²) in [6, 6.07) is 3.69. The fourth-order valence-corrected chi connectivity index (χ4v) is 3.98. The lowest BCUT2D eigenvalue weighted by Gasteiger charge is -2.08. The van der Waals surface area contributed by atoms with Crippen LogP contribution in [0.5, 0.6) is 0 Å². The predicted octanol–water partition coefficient (Wildman–Crippen LogP) is 4.30. The maximum absolute atomic E-state index is 11.4. The first-order valence-corrected chi connectivity index (χ1v) is 7.89. The van der Waals surface area contributed by atoms with Crippen LogP contribution in [0.25, 0.3) is 10.2 Å². The zero-order valence-corrected chi connectivity index (χ0v) is 13.5. The topological polar surface area (TPSA) is 68.1 Å². The molecule has 0 bridgehead atoms. The molecule has 0 aliphatic heterocycles. The summed E-state index contributed by atoms with van der Waals surface area (Å²) in [5.74, 6) is 0.510. The lowest BCUT2D eigenvalue weighted by atomic mass is 10.0. The van der Waals surface area contributed by atoms with Gasteiger partial charge in [-0.1, -0.05) is 27.7 Å². The highest BCUT2D eigenvalue weighted by Crippen LogP contribution is 2.68. The monoisotopic (exact) mass is 305 g/mol. The molecule has 3 rings (SSSR count). The third kappa shape index (κ3) is 2.00. The van der Waals surface area contributed by atoms with Gasteiger partial charge in [0.2, 0.25) is 0 Å². The number of anilines is 1. The zero-order chi connectivity index (χ0) is 15.4. The van der Waals surface area contributed by atoms with E-state index in [1.807, 2.05) is 6.07 Å². The number of nitrogens with zero attached hydrogens (tertiary/aromatic N) is 2. The maximum Gasteiger partial charge on any atom is 0.319 e. The van der Waals surface area contributed by atoms with Gasteiger partial charge in [0.25, 0.3) is 0 Å². The Bertz CT molecular complexity index is 707. The van der Waals surface area contributed by atoms with Gasteiger partial charge in [-0.25, -0.2) is 4.98 Å². The van der Waals surface area contributed by atoms with Gasteiger partial charge in [0.1, 0.15) is 5.69 Å². The maximum atomic E-state index is 11.4.